The number of hydrogen-bond acceptors (Lipinski definition) is 3. The van der Waals surface area contributed by atoms with Crippen molar-refractivity contribution in [3.8, 4) is 0 Å². The summed E-state index contributed by atoms with van der Waals surface area (Å²) in [7, 11) is 0. The molecule has 0 aliphatic rings. The van der Waals surface area contributed by atoms with Gasteiger partial charge in [0.25, 0.3) is 0 Å². The van der Waals surface area contributed by atoms with Crippen molar-refractivity contribution in [1.29, 1.82) is 0 Å². The van der Waals surface area contributed by atoms with Gasteiger partial charge >= 0.3 is 0 Å². The number of fused-ring (bicyclic) bond motifs is 1. The number of pyridine rings is 1. The molecular weight excluding hydrogens is 382 g/mol. The molecule has 2 heterocycles. The van der Waals surface area contributed by atoms with Crippen molar-refractivity contribution in [1.82, 2.24) is 9.97 Å². The van der Waals surface area contributed by atoms with Crippen LogP contribution in [0, 0.1) is 0 Å². The second-order valence-electron chi connectivity index (χ2n) is 5.68. The molecule has 0 atom stereocenters. The summed E-state index contributed by atoms with van der Waals surface area (Å²) in [5.74, 6) is 0. The van der Waals surface area contributed by atoms with E-state index in [1.165, 1.54) is 0 Å². The summed E-state index contributed by atoms with van der Waals surface area (Å²) in [6.07, 6.45) is 1.91. The van der Waals surface area contributed by atoms with Crippen LogP contribution in [0.4, 0.5) is 0 Å². The summed E-state index contributed by atoms with van der Waals surface area (Å²) in [4.78, 5) is 21.3. The Kier molecular flexibility index (Phi) is 3.99. The van der Waals surface area contributed by atoms with Crippen molar-refractivity contribution in [2.24, 2.45) is 0 Å². The van der Waals surface area contributed by atoms with E-state index < -0.39 is 0 Å². The minimum atomic E-state index is -0.188. The fourth-order valence-corrected chi connectivity index (χ4v) is 4.05. The molecule has 3 nitrogen and oxygen atoms in total. The molecule has 25 heavy (non-hydrogen) atoms. The molecular formula is C20H11N2OSZn-. The summed E-state index contributed by atoms with van der Waals surface area (Å²) in [6, 6.07) is 19.8. The van der Waals surface area contributed by atoms with Gasteiger partial charge in [-0.15, -0.1) is 16.7 Å². The van der Waals surface area contributed by atoms with Crippen LogP contribution in [0.25, 0.3) is 37.8 Å². The van der Waals surface area contributed by atoms with E-state index in [0.29, 0.717) is 10.7 Å². The molecule has 0 fully saturated rings. The van der Waals surface area contributed by atoms with Crippen LogP contribution in [-0.2, 0) is 19.5 Å². The Morgan fingerprint density at radius 1 is 0.920 bits per heavy atom. The van der Waals surface area contributed by atoms with Gasteiger partial charge in [-0.3, -0.25) is 0 Å². The fourth-order valence-electron chi connectivity index (χ4n) is 3.14. The van der Waals surface area contributed by atoms with E-state index in [-0.39, 0.29) is 25.0 Å². The van der Waals surface area contributed by atoms with Gasteiger partial charge in [-0.1, -0.05) is 48.5 Å². The van der Waals surface area contributed by atoms with Crippen LogP contribution in [0.3, 0.4) is 0 Å². The first-order valence-corrected chi connectivity index (χ1v) is 8.47. The fraction of sp³-hybridized carbons (Fsp3) is 0. The molecule has 0 radical (unpaired) electrons. The van der Waals surface area contributed by atoms with Crippen molar-refractivity contribution >= 4 is 49.2 Å². The van der Waals surface area contributed by atoms with Crippen LogP contribution < -0.4 is 15.9 Å². The molecule has 0 unspecified atom stereocenters. The standard InChI is InChI=1S/C20H12N2OS.Zn/c23-20-14-8-4-6-12-5-3-7-13(19(12)14)16(22-20)11-18-21-15-9-1-2-10-17(15)24-18;/h1-11H,(H,21,22,23);/p-1. The molecule has 0 spiro atoms. The summed E-state index contributed by atoms with van der Waals surface area (Å²) in [6.45, 7) is 0. The smallest absolute Gasteiger partial charge is 0.116 e. The Bertz CT molecular complexity index is 1300. The summed E-state index contributed by atoms with van der Waals surface area (Å²) in [5, 5.41) is 5.24. The van der Waals surface area contributed by atoms with Crippen molar-refractivity contribution in [2.45, 2.75) is 0 Å². The first-order chi connectivity index (χ1) is 11.8. The molecule has 0 N–H and O–H groups in total. The number of benzene rings is 3. The number of para-hydroxylation sites is 1. The molecule has 0 bridgehead atoms. The topological polar surface area (TPSA) is 44.1 Å². The van der Waals surface area contributed by atoms with Gasteiger partial charge in [0.15, 0.2) is 0 Å². The first-order valence-electron chi connectivity index (χ1n) is 7.65. The molecule has 0 aliphatic heterocycles. The molecule has 0 saturated heterocycles. The Morgan fingerprint density at radius 3 is 2.48 bits per heavy atom. The van der Waals surface area contributed by atoms with E-state index in [2.05, 4.69) is 9.97 Å². The van der Waals surface area contributed by atoms with Crippen LogP contribution in [0.2, 0.25) is 0 Å². The van der Waals surface area contributed by atoms with Gasteiger partial charge in [0.1, 0.15) is 5.01 Å². The van der Waals surface area contributed by atoms with Gasteiger partial charge < -0.3 is 9.78 Å². The van der Waals surface area contributed by atoms with Gasteiger partial charge in [-0.05, 0) is 34.4 Å². The number of nitrogens with zero attached hydrogens (tertiary/aromatic N) is 2. The third kappa shape index (κ3) is 2.60. The van der Waals surface area contributed by atoms with E-state index in [9.17, 15) is 4.79 Å². The zero-order valence-electron chi connectivity index (χ0n) is 13.3. The van der Waals surface area contributed by atoms with E-state index in [1.807, 2.05) is 66.7 Å². The van der Waals surface area contributed by atoms with E-state index in [4.69, 9.17) is 0 Å². The number of aromatic nitrogens is 2. The maximum atomic E-state index is 12.4. The van der Waals surface area contributed by atoms with Crippen LogP contribution >= 0.6 is 11.3 Å². The van der Waals surface area contributed by atoms with E-state index >= 15 is 0 Å². The average Bonchev–Trinajstić information content (AvgIpc) is 3.01. The third-order valence-corrected chi connectivity index (χ3v) is 5.19. The zero-order chi connectivity index (χ0) is 16.1. The maximum Gasteiger partial charge on any atom is 0.116 e. The van der Waals surface area contributed by atoms with Crippen molar-refractivity contribution in [3.05, 3.63) is 81.4 Å². The molecule has 5 heteroatoms. The number of thiazole rings is 1. The quantitative estimate of drug-likeness (QED) is 0.410. The Hall–Kier alpha value is -2.36. The molecule has 0 amide bonds. The van der Waals surface area contributed by atoms with Gasteiger partial charge in [0.05, 0.1) is 15.8 Å². The summed E-state index contributed by atoms with van der Waals surface area (Å²) >= 11 is 1.60. The number of hydrogen-bond donors (Lipinski definition) is 0. The zero-order valence-corrected chi connectivity index (χ0v) is 17.1. The molecule has 5 rings (SSSR count). The van der Waals surface area contributed by atoms with Crippen LogP contribution in [-0.4, -0.2) is 4.98 Å². The molecule has 0 saturated carbocycles. The molecule has 116 valence electrons. The average molecular weight is 393 g/mol. The van der Waals surface area contributed by atoms with Crippen molar-refractivity contribution < 1.29 is 19.5 Å². The molecule has 3 aromatic carbocycles. The second kappa shape index (κ2) is 6.18. The minimum Gasteiger partial charge on any atom is -0.622 e. The molecule has 0 aliphatic carbocycles. The van der Waals surface area contributed by atoms with Gasteiger partial charge in [-0.25, -0.2) is 4.98 Å². The van der Waals surface area contributed by atoms with Crippen molar-refractivity contribution in [3.63, 3.8) is 0 Å². The SMILES string of the molecule is O=c1[n-]/c(=C\c2nc3ccccc3s2)c2cccc3cccc1c32.[Zn]. The summed E-state index contributed by atoms with van der Waals surface area (Å²) in [5.41, 5.74) is 0.779. The number of rotatable bonds is 1. The van der Waals surface area contributed by atoms with Crippen molar-refractivity contribution in [2.75, 3.05) is 0 Å². The second-order valence-corrected chi connectivity index (χ2v) is 6.74. The third-order valence-electron chi connectivity index (χ3n) is 4.20. The van der Waals surface area contributed by atoms with Crippen LogP contribution in [0.15, 0.2) is 65.5 Å². The maximum absolute atomic E-state index is 12.4. The van der Waals surface area contributed by atoms with Gasteiger partial charge in [0, 0.05) is 24.9 Å². The van der Waals surface area contributed by atoms with E-state index in [1.54, 1.807) is 11.3 Å². The monoisotopic (exact) mass is 391 g/mol. The first kappa shape index (κ1) is 16.1. The predicted octanol–water partition coefficient (Wildman–Crippen LogP) is 3.47. The minimum absolute atomic E-state index is 0. The van der Waals surface area contributed by atoms with Gasteiger partial charge in [-0.2, -0.15) is 0 Å². The molecule has 5 aromatic rings. The largest absolute Gasteiger partial charge is 0.622 e. The summed E-state index contributed by atoms with van der Waals surface area (Å²) < 4.78 is 1.13. The predicted molar refractivity (Wildman–Crippen MR) is 99.4 cm³/mol. The Morgan fingerprint density at radius 2 is 1.68 bits per heavy atom. The van der Waals surface area contributed by atoms with Gasteiger partial charge in [0.2, 0.25) is 0 Å². The van der Waals surface area contributed by atoms with Crippen LogP contribution in [0.5, 0.6) is 0 Å². The van der Waals surface area contributed by atoms with E-state index in [0.717, 1.165) is 31.4 Å². The van der Waals surface area contributed by atoms with Crippen LogP contribution in [0.1, 0.15) is 5.01 Å². The Balaban J connectivity index is 0.00000157. The molecule has 2 aromatic heterocycles. The Labute approximate surface area is 159 Å². The normalized spacial score (nSPS) is 12.1.